The molecule has 0 aromatic heterocycles. The maximum Gasteiger partial charge on any atom is 0.0222 e. The van der Waals surface area contributed by atoms with Gasteiger partial charge in [0.2, 0.25) is 0 Å². The highest BCUT2D eigenvalue weighted by Crippen LogP contribution is 2.40. The molecule has 0 saturated heterocycles. The first kappa shape index (κ1) is 14.1. The van der Waals surface area contributed by atoms with Crippen molar-refractivity contribution in [1.29, 1.82) is 0 Å². The van der Waals surface area contributed by atoms with E-state index < -0.39 is 0 Å². The molecule has 100 valence electrons. The molecule has 0 aliphatic heterocycles. The predicted octanol–water partition coefficient (Wildman–Crippen LogP) is 4.82. The molecule has 1 aliphatic carbocycles. The van der Waals surface area contributed by atoms with Crippen LogP contribution in [0.25, 0.3) is 0 Å². The molecule has 0 spiro atoms. The Bertz CT molecular complexity index is 394. The number of nitrogens with one attached hydrogen (secondary N) is 1. The Morgan fingerprint density at radius 3 is 2.61 bits per heavy atom. The Morgan fingerprint density at radius 1 is 1.28 bits per heavy atom. The molecule has 18 heavy (non-hydrogen) atoms. The Kier molecular flexibility index (Phi) is 4.85. The summed E-state index contributed by atoms with van der Waals surface area (Å²) in [6.45, 7) is 6.62. The lowest BCUT2D eigenvalue weighted by Gasteiger charge is -2.28. The van der Waals surface area contributed by atoms with Gasteiger partial charge in [0.15, 0.2) is 0 Å². The van der Waals surface area contributed by atoms with Gasteiger partial charge in [0.25, 0.3) is 0 Å². The van der Waals surface area contributed by atoms with Crippen molar-refractivity contribution in [3.05, 3.63) is 33.8 Å². The summed E-state index contributed by atoms with van der Waals surface area (Å²) in [5, 5.41) is 3.67. The van der Waals surface area contributed by atoms with Crippen LogP contribution < -0.4 is 5.32 Å². The second-order valence-electron chi connectivity index (χ2n) is 5.76. The lowest BCUT2D eigenvalue weighted by atomic mass is 9.83. The van der Waals surface area contributed by atoms with E-state index in [0.717, 1.165) is 6.54 Å². The van der Waals surface area contributed by atoms with E-state index in [4.69, 9.17) is 0 Å². The average molecular weight is 310 g/mol. The number of hydrogen-bond acceptors (Lipinski definition) is 1. The van der Waals surface area contributed by atoms with Crippen LogP contribution in [0, 0.1) is 12.3 Å². The summed E-state index contributed by atoms with van der Waals surface area (Å²) in [4.78, 5) is 0. The molecule has 1 nitrogen and oxygen atoms in total. The third-order valence-corrected chi connectivity index (χ3v) is 5.18. The molecule has 1 fully saturated rings. The first-order valence-electron chi connectivity index (χ1n) is 7.11. The van der Waals surface area contributed by atoms with Crippen molar-refractivity contribution in [3.8, 4) is 0 Å². The Hall–Kier alpha value is -0.340. The van der Waals surface area contributed by atoms with Gasteiger partial charge in [-0.1, -0.05) is 47.8 Å². The molecule has 0 amide bonds. The summed E-state index contributed by atoms with van der Waals surface area (Å²) in [7, 11) is 0. The Labute approximate surface area is 119 Å². The Balaban J connectivity index is 1.88. The molecule has 2 rings (SSSR count). The molecule has 1 aromatic rings. The van der Waals surface area contributed by atoms with Gasteiger partial charge in [0.05, 0.1) is 0 Å². The third kappa shape index (κ3) is 3.36. The second kappa shape index (κ2) is 6.21. The van der Waals surface area contributed by atoms with Gasteiger partial charge in [-0.15, -0.1) is 0 Å². The average Bonchev–Trinajstić information content (AvgIpc) is 2.81. The van der Waals surface area contributed by atoms with E-state index in [0.29, 0.717) is 5.41 Å². The van der Waals surface area contributed by atoms with Crippen molar-refractivity contribution in [2.45, 2.75) is 52.5 Å². The topological polar surface area (TPSA) is 12.0 Å². The molecule has 0 radical (unpaired) electrons. The van der Waals surface area contributed by atoms with Crippen LogP contribution in [0.5, 0.6) is 0 Å². The monoisotopic (exact) mass is 309 g/mol. The molecule has 0 heterocycles. The maximum atomic E-state index is 3.67. The predicted molar refractivity (Wildman–Crippen MR) is 81.8 cm³/mol. The second-order valence-corrected chi connectivity index (χ2v) is 6.61. The standard InChI is InChI=1S/C16H24BrN/c1-3-16(8-4-5-9-16)12-18-11-14-7-6-13(2)10-15(14)17/h6-7,10,18H,3-5,8-9,11-12H2,1-2H3. The SMILES string of the molecule is CCC1(CNCc2ccc(C)cc2Br)CCCC1. The van der Waals surface area contributed by atoms with Gasteiger partial charge in [-0.2, -0.15) is 0 Å². The van der Waals surface area contributed by atoms with Gasteiger partial charge in [-0.25, -0.2) is 0 Å². The molecule has 1 N–H and O–H groups in total. The van der Waals surface area contributed by atoms with Crippen LogP contribution in [0.4, 0.5) is 0 Å². The molecule has 0 bridgehead atoms. The molecule has 1 aliphatic rings. The largest absolute Gasteiger partial charge is 0.312 e. The van der Waals surface area contributed by atoms with Crippen molar-refractivity contribution in [2.75, 3.05) is 6.54 Å². The number of rotatable bonds is 5. The van der Waals surface area contributed by atoms with Crippen molar-refractivity contribution < 1.29 is 0 Å². The van der Waals surface area contributed by atoms with Crippen LogP contribution >= 0.6 is 15.9 Å². The lowest BCUT2D eigenvalue weighted by molar-refractivity contribution is 0.268. The van der Waals surface area contributed by atoms with Crippen LogP contribution in [0.3, 0.4) is 0 Å². The summed E-state index contributed by atoms with van der Waals surface area (Å²) in [5.74, 6) is 0. The van der Waals surface area contributed by atoms with E-state index >= 15 is 0 Å². The van der Waals surface area contributed by atoms with Gasteiger partial charge in [0.1, 0.15) is 0 Å². The van der Waals surface area contributed by atoms with Crippen LogP contribution in [-0.2, 0) is 6.54 Å². The van der Waals surface area contributed by atoms with Crippen LogP contribution in [0.1, 0.15) is 50.2 Å². The number of halogens is 1. The first-order chi connectivity index (χ1) is 8.65. The van der Waals surface area contributed by atoms with E-state index in [1.54, 1.807) is 0 Å². The fraction of sp³-hybridized carbons (Fsp3) is 0.625. The zero-order valence-corrected chi connectivity index (χ0v) is 13.1. The molecule has 1 saturated carbocycles. The normalized spacial score (nSPS) is 18.2. The smallest absolute Gasteiger partial charge is 0.0222 e. The maximum absolute atomic E-state index is 3.67. The number of aryl methyl sites for hydroxylation is 1. The van der Waals surface area contributed by atoms with Gasteiger partial charge in [-0.3, -0.25) is 0 Å². The van der Waals surface area contributed by atoms with Crippen molar-refractivity contribution in [1.82, 2.24) is 5.32 Å². The molecular formula is C16H24BrN. The molecule has 0 atom stereocenters. The van der Waals surface area contributed by atoms with Gasteiger partial charge in [0, 0.05) is 17.6 Å². The number of benzene rings is 1. The first-order valence-corrected chi connectivity index (χ1v) is 7.90. The molecule has 2 heteroatoms. The highest BCUT2D eigenvalue weighted by molar-refractivity contribution is 9.10. The minimum absolute atomic E-state index is 0.581. The highest BCUT2D eigenvalue weighted by atomic mass is 79.9. The zero-order chi connectivity index (χ0) is 13.0. The molecule has 1 aromatic carbocycles. The summed E-state index contributed by atoms with van der Waals surface area (Å²) in [6.07, 6.45) is 6.97. The summed E-state index contributed by atoms with van der Waals surface area (Å²) < 4.78 is 1.23. The van der Waals surface area contributed by atoms with E-state index in [2.05, 4.69) is 53.3 Å². The van der Waals surface area contributed by atoms with Gasteiger partial charge in [-0.05, 0) is 48.8 Å². The Morgan fingerprint density at radius 2 is 2.00 bits per heavy atom. The van der Waals surface area contributed by atoms with Gasteiger partial charge < -0.3 is 5.32 Å². The lowest BCUT2D eigenvalue weighted by Crippen LogP contribution is -2.31. The van der Waals surface area contributed by atoms with E-state index in [1.807, 2.05) is 0 Å². The molecule has 0 unspecified atom stereocenters. The van der Waals surface area contributed by atoms with E-state index in [-0.39, 0.29) is 0 Å². The van der Waals surface area contributed by atoms with Crippen molar-refractivity contribution >= 4 is 15.9 Å². The van der Waals surface area contributed by atoms with E-state index in [1.165, 1.54) is 54.2 Å². The van der Waals surface area contributed by atoms with Crippen LogP contribution in [0.2, 0.25) is 0 Å². The summed E-state index contributed by atoms with van der Waals surface area (Å²) in [6, 6.07) is 6.61. The number of hydrogen-bond donors (Lipinski definition) is 1. The van der Waals surface area contributed by atoms with Crippen LogP contribution in [0.15, 0.2) is 22.7 Å². The zero-order valence-electron chi connectivity index (χ0n) is 11.6. The van der Waals surface area contributed by atoms with Gasteiger partial charge >= 0.3 is 0 Å². The fourth-order valence-electron chi connectivity index (χ4n) is 3.04. The minimum Gasteiger partial charge on any atom is -0.312 e. The summed E-state index contributed by atoms with van der Waals surface area (Å²) in [5.41, 5.74) is 3.26. The quantitative estimate of drug-likeness (QED) is 0.822. The minimum atomic E-state index is 0.581. The van der Waals surface area contributed by atoms with Crippen LogP contribution in [-0.4, -0.2) is 6.54 Å². The fourth-order valence-corrected chi connectivity index (χ4v) is 3.67. The third-order valence-electron chi connectivity index (χ3n) is 4.44. The summed E-state index contributed by atoms with van der Waals surface area (Å²) >= 11 is 3.65. The van der Waals surface area contributed by atoms with Crippen molar-refractivity contribution in [3.63, 3.8) is 0 Å². The van der Waals surface area contributed by atoms with E-state index in [9.17, 15) is 0 Å². The highest BCUT2D eigenvalue weighted by Gasteiger charge is 2.31. The molecular weight excluding hydrogens is 286 g/mol. The van der Waals surface area contributed by atoms with Crippen molar-refractivity contribution in [2.24, 2.45) is 5.41 Å².